The molecule has 4 aliphatic heterocycles. The van der Waals surface area contributed by atoms with Gasteiger partial charge in [-0.25, -0.2) is 0 Å². The Morgan fingerprint density at radius 1 is 1.10 bits per heavy atom. The SMILES string of the molecule is C=CCOc1c(C)c2c(c3c1C[C@H]1[C@@H]4c5c(cc(C)c(OC)c5OCOC)C[C@H]([C@H](C#N)N1[C@H]3CO)N4C)OCO2. The summed E-state index contributed by atoms with van der Waals surface area (Å²) in [5.41, 5.74) is 5.78. The number of likely N-dealkylation sites (N-methyl/N-ethyl adjacent to an activating group) is 1. The molecule has 1 N–H and O–H groups in total. The van der Waals surface area contributed by atoms with Crippen LogP contribution in [0.15, 0.2) is 18.7 Å². The molecule has 0 amide bonds. The van der Waals surface area contributed by atoms with Crippen LogP contribution in [0.25, 0.3) is 0 Å². The number of methoxy groups -OCH3 is 2. The van der Waals surface area contributed by atoms with Crippen LogP contribution >= 0.6 is 0 Å². The molecule has 2 bridgehead atoms. The first-order valence-electron chi connectivity index (χ1n) is 13.9. The Morgan fingerprint density at radius 3 is 2.56 bits per heavy atom. The number of hydrogen-bond donors (Lipinski definition) is 1. The highest BCUT2D eigenvalue weighted by molar-refractivity contribution is 5.66. The van der Waals surface area contributed by atoms with Gasteiger partial charge >= 0.3 is 0 Å². The van der Waals surface area contributed by atoms with Crippen LogP contribution in [0.5, 0.6) is 28.7 Å². The van der Waals surface area contributed by atoms with Gasteiger partial charge in [-0.2, -0.15) is 5.26 Å². The van der Waals surface area contributed by atoms with Crippen LogP contribution in [0.1, 0.15) is 45.5 Å². The van der Waals surface area contributed by atoms with Crippen LogP contribution < -0.4 is 23.7 Å². The molecule has 1 fully saturated rings. The number of fused-ring (bicyclic) bond motifs is 9. The van der Waals surface area contributed by atoms with E-state index in [0.29, 0.717) is 48.2 Å². The van der Waals surface area contributed by atoms with Crippen LogP contribution in [0.4, 0.5) is 0 Å². The third-order valence-electron chi connectivity index (χ3n) is 9.09. The highest BCUT2D eigenvalue weighted by Crippen LogP contribution is 2.58. The number of aliphatic hydroxyl groups is 1. The number of hydrogen-bond acceptors (Lipinski definition) is 10. The lowest BCUT2D eigenvalue weighted by atomic mass is 9.71. The van der Waals surface area contributed by atoms with E-state index < -0.39 is 12.1 Å². The quantitative estimate of drug-likeness (QED) is 0.380. The molecule has 41 heavy (non-hydrogen) atoms. The number of aryl methyl sites for hydroxylation is 1. The molecule has 2 aromatic rings. The Kier molecular flexibility index (Phi) is 7.24. The monoisotopic (exact) mass is 563 g/mol. The molecule has 4 heterocycles. The molecule has 5 atom stereocenters. The second kappa shape index (κ2) is 10.7. The zero-order chi connectivity index (χ0) is 29.0. The summed E-state index contributed by atoms with van der Waals surface area (Å²) in [7, 11) is 5.32. The highest BCUT2D eigenvalue weighted by Gasteiger charge is 2.56. The van der Waals surface area contributed by atoms with Gasteiger partial charge in [0.05, 0.1) is 31.9 Å². The third kappa shape index (κ3) is 3.98. The predicted molar refractivity (Wildman–Crippen MR) is 150 cm³/mol. The maximum atomic E-state index is 11.0. The van der Waals surface area contributed by atoms with E-state index in [2.05, 4.69) is 35.6 Å². The van der Waals surface area contributed by atoms with E-state index in [-0.39, 0.29) is 38.3 Å². The van der Waals surface area contributed by atoms with Crippen molar-refractivity contribution in [3.63, 3.8) is 0 Å². The Labute approximate surface area is 240 Å². The second-order valence-electron chi connectivity index (χ2n) is 11.1. The summed E-state index contributed by atoms with van der Waals surface area (Å²) in [6.45, 7) is 8.11. The Hall–Kier alpha value is -3.49. The van der Waals surface area contributed by atoms with Crippen molar-refractivity contribution in [2.75, 3.05) is 48.1 Å². The number of nitrogens with zero attached hydrogens (tertiary/aromatic N) is 3. The van der Waals surface area contributed by atoms with Gasteiger partial charge in [-0.3, -0.25) is 9.80 Å². The van der Waals surface area contributed by atoms with Crippen molar-refractivity contribution in [3.05, 3.63) is 52.1 Å². The van der Waals surface area contributed by atoms with Crippen LogP contribution in [-0.4, -0.2) is 81.1 Å². The van der Waals surface area contributed by atoms with Gasteiger partial charge in [0, 0.05) is 41.4 Å². The first-order valence-corrected chi connectivity index (χ1v) is 13.9. The Balaban J connectivity index is 1.60. The summed E-state index contributed by atoms with van der Waals surface area (Å²) in [5.74, 6) is 3.30. The molecule has 0 aliphatic carbocycles. The summed E-state index contributed by atoms with van der Waals surface area (Å²) >= 11 is 0. The first kappa shape index (κ1) is 27.7. The molecule has 0 aromatic heterocycles. The largest absolute Gasteiger partial charge is 0.493 e. The molecule has 10 heteroatoms. The maximum Gasteiger partial charge on any atom is 0.231 e. The number of ether oxygens (including phenoxy) is 6. The Bertz CT molecular complexity index is 1420. The summed E-state index contributed by atoms with van der Waals surface area (Å²) in [4.78, 5) is 4.50. The van der Waals surface area contributed by atoms with Gasteiger partial charge in [-0.05, 0) is 44.9 Å². The van der Waals surface area contributed by atoms with E-state index in [9.17, 15) is 10.4 Å². The second-order valence-corrected chi connectivity index (χ2v) is 11.1. The third-order valence-corrected chi connectivity index (χ3v) is 9.09. The number of rotatable bonds is 8. The molecule has 0 unspecified atom stereocenters. The van der Waals surface area contributed by atoms with Crippen LogP contribution in [0.3, 0.4) is 0 Å². The minimum Gasteiger partial charge on any atom is -0.493 e. The number of piperazine rings is 1. The molecule has 10 nitrogen and oxygen atoms in total. The van der Waals surface area contributed by atoms with E-state index in [0.717, 1.165) is 33.4 Å². The zero-order valence-electron chi connectivity index (χ0n) is 24.2. The zero-order valence-corrected chi connectivity index (χ0v) is 24.2. The van der Waals surface area contributed by atoms with Crippen molar-refractivity contribution in [3.8, 4) is 34.8 Å². The lowest BCUT2D eigenvalue weighted by molar-refractivity contribution is -0.0832. The van der Waals surface area contributed by atoms with Gasteiger partial charge < -0.3 is 33.5 Å². The lowest BCUT2D eigenvalue weighted by Gasteiger charge is -2.59. The molecule has 4 aliphatic rings. The van der Waals surface area contributed by atoms with E-state index in [1.807, 2.05) is 13.8 Å². The summed E-state index contributed by atoms with van der Waals surface area (Å²) in [6, 6.07) is 3.36. The summed E-state index contributed by atoms with van der Waals surface area (Å²) < 4.78 is 35.6. The number of benzene rings is 2. The van der Waals surface area contributed by atoms with E-state index in [4.69, 9.17) is 28.4 Å². The van der Waals surface area contributed by atoms with Crippen LogP contribution in [0.2, 0.25) is 0 Å². The van der Waals surface area contributed by atoms with Crippen molar-refractivity contribution in [2.45, 2.75) is 56.9 Å². The predicted octanol–water partition coefficient (Wildman–Crippen LogP) is 3.35. The van der Waals surface area contributed by atoms with Crippen LogP contribution in [-0.2, 0) is 17.6 Å². The van der Waals surface area contributed by atoms with Crippen LogP contribution in [0, 0.1) is 25.2 Å². The number of aliphatic hydroxyl groups excluding tert-OH is 1. The van der Waals surface area contributed by atoms with E-state index >= 15 is 0 Å². The van der Waals surface area contributed by atoms with Crippen molar-refractivity contribution in [1.82, 2.24) is 9.80 Å². The molecule has 218 valence electrons. The molecule has 1 saturated heterocycles. The fourth-order valence-corrected chi connectivity index (χ4v) is 7.58. The van der Waals surface area contributed by atoms with Gasteiger partial charge in [-0.15, -0.1) is 0 Å². The van der Waals surface area contributed by atoms with Crippen molar-refractivity contribution < 1.29 is 33.5 Å². The average molecular weight is 564 g/mol. The first-order chi connectivity index (χ1) is 19.9. The smallest absolute Gasteiger partial charge is 0.231 e. The minimum atomic E-state index is -0.494. The van der Waals surface area contributed by atoms with Gasteiger partial charge in [0.2, 0.25) is 6.79 Å². The van der Waals surface area contributed by atoms with E-state index in [1.54, 1.807) is 20.3 Å². The minimum absolute atomic E-state index is 0.0750. The molecule has 0 spiro atoms. The Morgan fingerprint density at radius 2 is 1.88 bits per heavy atom. The fraction of sp³-hybridized carbons (Fsp3) is 0.516. The molecule has 0 saturated carbocycles. The van der Waals surface area contributed by atoms with E-state index in [1.165, 1.54) is 0 Å². The average Bonchev–Trinajstić information content (AvgIpc) is 3.46. The summed E-state index contributed by atoms with van der Waals surface area (Å²) in [5, 5.41) is 21.6. The van der Waals surface area contributed by atoms with Crippen molar-refractivity contribution >= 4 is 0 Å². The molecule has 6 rings (SSSR count). The molecule has 0 radical (unpaired) electrons. The maximum absolute atomic E-state index is 11.0. The van der Waals surface area contributed by atoms with Gasteiger partial charge in [0.15, 0.2) is 29.8 Å². The standard InChI is InChI=1S/C31H37N3O7/c1-7-8-38-28-17(3)29-31(41-15-40-29)25-19(28)11-21-26-24-18(9-16(2)27(37-6)30(24)39-14-36-5)10-20(33(26)4)22(12-32)34(21)23(25)13-35/h7,9,20-23,26,35H,1,8,10-11,13-15H2,2-6H3/t20-,21+,22+,23+,26-/m1/s1. The van der Waals surface area contributed by atoms with Gasteiger partial charge in [-0.1, -0.05) is 18.7 Å². The molecular weight excluding hydrogens is 526 g/mol. The molecular formula is C31H37N3O7. The fourth-order valence-electron chi connectivity index (χ4n) is 7.58. The summed E-state index contributed by atoms with van der Waals surface area (Å²) in [6.07, 6.45) is 2.93. The normalized spacial score (nSPS) is 25.9. The van der Waals surface area contributed by atoms with Crippen molar-refractivity contribution in [2.24, 2.45) is 0 Å². The number of nitriles is 1. The molecule has 2 aromatic carbocycles. The lowest BCUT2D eigenvalue weighted by Crippen LogP contribution is -2.68. The van der Waals surface area contributed by atoms with Gasteiger partial charge in [0.1, 0.15) is 18.4 Å². The highest BCUT2D eigenvalue weighted by atomic mass is 16.7. The van der Waals surface area contributed by atoms with Gasteiger partial charge in [0.25, 0.3) is 0 Å². The topological polar surface area (TPSA) is 106 Å². The van der Waals surface area contributed by atoms with Crippen molar-refractivity contribution in [1.29, 1.82) is 5.26 Å².